The Morgan fingerprint density at radius 2 is 1.17 bits per heavy atom. The number of hydrogen-bond donors (Lipinski definition) is 0. The van der Waals surface area contributed by atoms with Gasteiger partial charge < -0.3 is 14.3 Å². The van der Waals surface area contributed by atoms with Crippen LogP contribution in [-0.2, 0) is 47.9 Å². The van der Waals surface area contributed by atoms with Gasteiger partial charge in [0.05, 0.1) is 12.8 Å². The molecule has 0 aliphatic carbocycles. The molecule has 2 heterocycles. The summed E-state index contributed by atoms with van der Waals surface area (Å²) < 4.78 is 9.78. The highest BCUT2D eigenvalue weighted by Gasteiger charge is 2.35. The van der Waals surface area contributed by atoms with Crippen LogP contribution in [0, 0.1) is 5.92 Å². The standard InChI is InChI=1S/C17H20N2O11/c1-9(2)16(28-17(26)30-19-12(22)5-6-13(19)23)27-14(24)7-8-15(25)29-18-10(20)3-4-11(18)21/h9,16H,3-8H2,1-2H3. The molecule has 1 unspecified atom stereocenters. The third kappa shape index (κ3) is 5.99. The minimum Gasteiger partial charge on any atom is -0.425 e. The lowest BCUT2D eigenvalue weighted by atomic mass is 10.2. The van der Waals surface area contributed by atoms with Crippen LogP contribution in [-0.4, -0.2) is 58.1 Å². The summed E-state index contributed by atoms with van der Waals surface area (Å²) in [6.07, 6.45) is -4.15. The lowest BCUT2D eigenvalue weighted by Crippen LogP contribution is -2.36. The van der Waals surface area contributed by atoms with E-state index in [-0.39, 0.29) is 30.7 Å². The summed E-state index contributed by atoms with van der Waals surface area (Å²) in [5, 5.41) is 0.628. The highest BCUT2D eigenvalue weighted by atomic mass is 16.9. The number of amides is 4. The van der Waals surface area contributed by atoms with E-state index in [0.29, 0.717) is 5.06 Å². The first-order valence-electron chi connectivity index (χ1n) is 9.09. The summed E-state index contributed by atoms with van der Waals surface area (Å²) in [5.74, 6) is -5.19. The maximum atomic E-state index is 11.9. The first-order chi connectivity index (χ1) is 14.1. The van der Waals surface area contributed by atoms with Gasteiger partial charge in [0, 0.05) is 31.6 Å². The molecular formula is C17H20N2O11. The summed E-state index contributed by atoms with van der Waals surface area (Å²) in [6, 6.07) is 0. The van der Waals surface area contributed by atoms with Crippen molar-refractivity contribution in [1.29, 1.82) is 0 Å². The summed E-state index contributed by atoms with van der Waals surface area (Å²) in [6.45, 7) is 3.10. The van der Waals surface area contributed by atoms with E-state index in [0.717, 1.165) is 0 Å². The van der Waals surface area contributed by atoms with Gasteiger partial charge in [-0.05, 0) is 0 Å². The number of esters is 1. The SMILES string of the molecule is CC(C)C(OC(=O)CCC(=O)ON1C(=O)CCC1=O)OC(=O)ON1C(=O)CCC1=O. The van der Waals surface area contributed by atoms with Gasteiger partial charge in [-0.3, -0.25) is 28.8 Å². The number of hydrogen-bond acceptors (Lipinski definition) is 11. The number of carbonyl (C=O) groups is 7. The molecule has 0 N–H and O–H groups in total. The molecule has 0 radical (unpaired) electrons. The quantitative estimate of drug-likeness (QED) is 0.293. The van der Waals surface area contributed by atoms with Gasteiger partial charge in [-0.1, -0.05) is 18.9 Å². The van der Waals surface area contributed by atoms with Crippen molar-refractivity contribution in [3.63, 3.8) is 0 Å². The number of imide groups is 2. The Balaban J connectivity index is 1.79. The van der Waals surface area contributed by atoms with Gasteiger partial charge in [0.1, 0.15) is 0 Å². The lowest BCUT2D eigenvalue weighted by molar-refractivity contribution is -0.201. The van der Waals surface area contributed by atoms with Crippen LogP contribution in [0.15, 0.2) is 0 Å². The molecule has 164 valence electrons. The molecule has 0 bridgehead atoms. The minimum absolute atomic E-state index is 0.0632. The van der Waals surface area contributed by atoms with Gasteiger partial charge in [0.15, 0.2) is 0 Å². The van der Waals surface area contributed by atoms with Crippen molar-refractivity contribution in [3.8, 4) is 0 Å². The average molecular weight is 428 g/mol. The Kier molecular flexibility index (Phi) is 7.44. The van der Waals surface area contributed by atoms with Crippen molar-refractivity contribution >= 4 is 41.7 Å². The molecule has 30 heavy (non-hydrogen) atoms. The topological polar surface area (TPSA) is 163 Å². The minimum atomic E-state index is -1.42. The van der Waals surface area contributed by atoms with Gasteiger partial charge in [-0.25, -0.2) is 9.59 Å². The van der Waals surface area contributed by atoms with Gasteiger partial charge >= 0.3 is 18.1 Å². The molecule has 2 saturated heterocycles. The number of rotatable bonds is 8. The summed E-state index contributed by atoms with van der Waals surface area (Å²) in [7, 11) is 0. The predicted octanol–water partition coefficient (Wildman–Crippen LogP) is 0.116. The Bertz CT molecular complexity index is 744. The van der Waals surface area contributed by atoms with Gasteiger partial charge in [-0.15, -0.1) is 5.06 Å². The van der Waals surface area contributed by atoms with Crippen LogP contribution >= 0.6 is 0 Å². The van der Waals surface area contributed by atoms with Crippen LogP contribution in [0.25, 0.3) is 0 Å². The van der Waals surface area contributed by atoms with E-state index in [2.05, 4.69) is 9.68 Å². The van der Waals surface area contributed by atoms with Crippen molar-refractivity contribution < 1.29 is 52.7 Å². The third-order valence-electron chi connectivity index (χ3n) is 3.91. The van der Waals surface area contributed by atoms with E-state index >= 15 is 0 Å². The van der Waals surface area contributed by atoms with E-state index in [4.69, 9.17) is 9.47 Å². The second kappa shape index (κ2) is 9.80. The first kappa shape index (κ1) is 22.8. The zero-order chi connectivity index (χ0) is 22.4. The van der Waals surface area contributed by atoms with Crippen molar-refractivity contribution in [1.82, 2.24) is 10.1 Å². The van der Waals surface area contributed by atoms with Crippen LogP contribution in [0.2, 0.25) is 0 Å². The smallest absolute Gasteiger partial charge is 0.425 e. The third-order valence-corrected chi connectivity index (χ3v) is 3.91. The number of ether oxygens (including phenoxy) is 2. The summed E-state index contributed by atoms with van der Waals surface area (Å²) in [4.78, 5) is 90.2. The monoisotopic (exact) mass is 428 g/mol. The van der Waals surface area contributed by atoms with E-state index in [9.17, 15) is 33.6 Å². The molecule has 13 nitrogen and oxygen atoms in total. The number of hydroxylamine groups is 4. The normalized spacial score (nSPS) is 17.4. The Morgan fingerprint density at radius 3 is 1.63 bits per heavy atom. The average Bonchev–Trinajstić information content (AvgIpc) is 3.16. The van der Waals surface area contributed by atoms with E-state index in [1.807, 2.05) is 0 Å². The van der Waals surface area contributed by atoms with Crippen LogP contribution in [0.5, 0.6) is 0 Å². The molecule has 13 heteroatoms. The van der Waals surface area contributed by atoms with Crippen LogP contribution in [0.4, 0.5) is 4.79 Å². The molecule has 2 aliphatic rings. The van der Waals surface area contributed by atoms with Crippen molar-refractivity contribution in [2.75, 3.05) is 0 Å². The molecule has 2 fully saturated rings. The molecule has 0 aromatic rings. The maximum absolute atomic E-state index is 11.9. The Morgan fingerprint density at radius 1 is 0.733 bits per heavy atom. The van der Waals surface area contributed by atoms with Crippen LogP contribution in [0.1, 0.15) is 52.4 Å². The Hall–Kier alpha value is -3.51. The van der Waals surface area contributed by atoms with Gasteiger partial charge in [0.2, 0.25) is 0 Å². The zero-order valence-corrected chi connectivity index (χ0v) is 16.3. The zero-order valence-electron chi connectivity index (χ0n) is 16.3. The second-order valence-corrected chi connectivity index (χ2v) is 6.69. The van der Waals surface area contributed by atoms with E-state index in [1.165, 1.54) is 0 Å². The summed E-state index contributed by atoms with van der Waals surface area (Å²) in [5.41, 5.74) is 0. The van der Waals surface area contributed by atoms with Gasteiger partial charge in [-0.2, -0.15) is 0 Å². The summed E-state index contributed by atoms with van der Waals surface area (Å²) >= 11 is 0. The van der Waals surface area contributed by atoms with Gasteiger partial charge in [0.25, 0.3) is 29.9 Å². The van der Waals surface area contributed by atoms with Crippen molar-refractivity contribution in [3.05, 3.63) is 0 Å². The maximum Gasteiger partial charge on any atom is 0.537 e. The fraction of sp³-hybridized carbons (Fsp3) is 0.588. The molecule has 2 rings (SSSR count). The second-order valence-electron chi connectivity index (χ2n) is 6.69. The molecule has 0 spiro atoms. The molecule has 0 aromatic carbocycles. The van der Waals surface area contributed by atoms with E-state index < -0.39 is 66.8 Å². The predicted molar refractivity (Wildman–Crippen MR) is 89.8 cm³/mol. The van der Waals surface area contributed by atoms with Crippen molar-refractivity contribution in [2.24, 2.45) is 5.92 Å². The molecular weight excluding hydrogens is 408 g/mol. The number of nitrogens with zero attached hydrogens (tertiary/aromatic N) is 2. The van der Waals surface area contributed by atoms with Crippen molar-refractivity contribution in [2.45, 2.75) is 58.7 Å². The molecule has 0 saturated carbocycles. The molecule has 2 aliphatic heterocycles. The largest absolute Gasteiger partial charge is 0.537 e. The Labute approximate surface area is 170 Å². The van der Waals surface area contributed by atoms with E-state index in [1.54, 1.807) is 13.8 Å². The fourth-order valence-electron chi connectivity index (χ4n) is 2.34. The van der Waals surface area contributed by atoms with Crippen LogP contribution in [0.3, 0.4) is 0 Å². The van der Waals surface area contributed by atoms with Crippen LogP contribution < -0.4 is 0 Å². The fourth-order valence-corrected chi connectivity index (χ4v) is 2.34. The number of carbonyl (C=O) groups excluding carboxylic acids is 7. The molecule has 0 aromatic heterocycles. The highest BCUT2D eigenvalue weighted by Crippen LogP contribution is 2.16. The molecule has 1 atom stereocenters. The molecule has 4 amide bonds. The lowest BCUT2D eigenvalue weighted by Gasteiger charge is -2.22. The highest BCUT2D eigenvalue weighted by molar-refractivity contribution is 6.02. The first-order valence-corrected chi connectivity index (χ1v) is 9.09.